The van der Waals surface area contributed by atoms with Crippen LogP contribution in [0, 0.1) is 9.41 Å². The van der Waals surface area contributed by atoms with Crippen molar-refractivity contribution in [1.82, 2.24) is 14.8 Å². The van der Waals surface area contributed by atoms with Gasteiger partial charge in [-0.05, 0) is 12.2 Å². The van der Waals surface area contributed by atoms with Gasteiger partial charge in [0.1, 0.15) is 17.4 Å². The summed E-state index contributed by atoms with van der Waals surface area (Å²) in [6, 6.07) is 0. The lowest BCUT2D eigenvalue weighted by Gasteiger charge is -2.23. The van der Waals surface area contributed by atoms with Gasteiger partial charge in [0.05, 0.1) is 6.20 Å². The first-order chi connectivity index (χ1) is 12.2. The first-order valence-corrected chi connectivity index (χ1v) is 8.32. The molecule has 2 rings (SSSR count). The minimum Gasteiger partial charge on any atom is -0.463 e. The van der Waals surface area contributed by atoms with Crippen LogP contribution in [-0.2, 0) is 33.3 Å². The number of aromatic amines is 1. The molecule has 1 saturated heterocycles. The van der Waals surface area contributed by atoms with Crippen LogP contribution in [0.4, 0.5) is 0 Å². The van der Waals surface area contributed by atoms with Crippen molar-refractivity contribution in [2.45, 2.75) is 45.3 Å². The third kappa shape index (κ3) is 4.93. The first-order valence-electron chi connectivity index (χ1n) is 7.50. The van der Waals surface area contributed by atoms with Gasteiger partial charge >= 0.3 is 17.9 Å². The molecule has 142 valence electrons. The van der Waals surface area contributed by atoms with Gasteiger partial charge in [0, 0.05) is 20.8 Å². The maximum Gasteiger partial charge on any atom is 0.303 e. The second-order valence-electron chi connectivity index (χ2n) is 5.40. The summed E-state index contributed by atoms with van der Waals surface area (Å²) in [4.78, 5) is 36.9. The van der Waals surface area contributed by atoms with Gasteiger partial charge in [-0.1, -0.05) is 12.2 Å². The van der Waals surface area contributed by atoms with Crippen molar-refractivity contribution in [1.29, 1.82) is 0 Å². The van der Waals surface area contributed by atoms with Gasteiger partial charge in [0.2, 0.25) is 0 Å². The predicted octanol–water partition coefficient (Wildman–Crippen LogP) is 0.994. The topological polar surface area (TPSA) is 122 Å². The van der Waals surface area contributed by atoms with E-state index < -0.39 is 42.4 Å². The number of ether oxygens (including phenoxy) is 4. The Morgan fingerprint density at radius 1 is 1.15 bits per heavy atom. The smallest absolute Gasteiger partial charge is 0.303 e. The highest BCUT2D eigenvalue weighted by Crippen LogP contribution is 2.34. The van der Waals surface area contributed by atoms with E-state index in [2.05, 4.69) is 10.1 Å². The van der Waals surface area contributed by atoms with Crippen LogP contribution >= 0.6 is 24.4 Å². The molecule has 0 saturated carbocycles. The average molecular weight is 403 g/mol. The van der Waals surface area contributed by atoms with Gasteiger partial charge in [-0.3, -0.25) is 14.4 Å². The Morgan fingerprint density at radius 3 is 2.31 bits per heavy atom. The number of carbonyl (C=O) groups excluding carboxylic acids is 3. The van der Waals surface area contributed by atoms with E-state index in [1.807, 2.05) is 0 Å². The van der Waals surface area contributed by atoms with Gasteiger partial charge in [-0.15, -0.1) is 0 Å². The molecule has 0 aliphatic carbocycles. The number of carbonyl (C=O) groups is 3. The molecule has 1 aromatic rings. The van der Waals surface area contributed by atoms with Gasteiger partial charge in [-0.25, -0.2) is 4.68 Å². The molecule has 0 amide bonds. The summed E-state index contributed by atoms with van der Waals surface area (Å²) in [7, 11) is 0. The summed E-state index contributed by atoms with van der Waals surface area (Å²) in [5, 5.41) is 4.07. The highest BCUT2D eigenvalue weighted by molar-refractivity contribution is 7.72. The standard InChI is InChI=1S/C14H17N3O7S2/c1-6(18)21-5-9-11(22-7(2)19)12(23-8(3)20)13(24-9)17-14(26)16-10(25)4-15-17/h4,9,11-13H,5H2,1-3H3,(H,16,25,26). The third-order valence-corrected chi connectivity index (χ3v) is 3.82. The number of rotatable bonds is 5. The van der Waals surface area contributed by atoms with Gasteiger partial charge in [0.15, 0.2) is 23.2 Å². The summed E-state index contributed by atoms with van der Waals surface area (Å²) in [6.07, 6.45) is -2.64. The maximum atomic E-state index is 11.5. The fraction of sp³-hybridized carbons (Fsp3) is 0.571. The molecule has 0 spiro atoms. The molecule has 1 fully saturated rings. The van der Waals surface area contributed by atoms with E-state index in [0.29, 0.717) is 4.64 Å². The van der Waals surface area contributed by atoms with Crippen molar-refractivity contribution in [3.8, 4) is 0 Å². The Hall–Kier alpha value is -2.18. The van der Waals surface area contributed by atoms with E-state index in [9.17, 15) is 14.4 Å². The molecular weight excluding hydrogens is 386 g/mol. The average Bonchev–Trinajstić information content (AvgIpc) is 2.82. The van der Waals surface area contributed by atoms with E-state index in [0.717, 1.165) is 0 Å². The predicted molar refractivity (Wildman–Crippen MR) is 89.9 cm³/mol. The molecule has 4 atom stereocenters. The zero-order chi connectivity index (χ0) is 19.4. The fourth-order valence-corrected chi connectivity index (χ4v) is 2.90. The van der Waals surface area contributed by atoms with Crippen LogP contribution in [0.5, 0.6) is 0 Å². The molecule has 2 heterocycles. The van der Waals surface area contributed by atoms with Crippen molar-refractivity contribution in [3.05, 3.63) is 15.6 Å². The van der Waals surface area contributed by atoms with E-state index in [1.165, 1.54) is 31.6 Å². The molecule has 0 radical (unpaired) electrons. The van der Waals surface area contributed by atoms with Crippen LogP contribution in [0.3, 0.4) is 0 Å². The summed E-state index contributed by atoms with van der Waals surface area (Å²) in [6.45, 7) is 3.42. The summed E-state index contributed by atoms with van der Waals surface area (Å²) >= 11 is 10.1. The van der Waals surface area contributed by atoms with Crippen LogP contribution in [0.2, 0.25) is 0 Å². The molecule has 10 nitrogen and oxygen atoms in total. The molecule has 1 aliphatic heterocycles. The van der Waals surface area contributed by atoms with Gasteiger partial charge < -0.3 is 23.9 Å². The Morgan fingerprint density at radius 2 is 1.77 bits per heavy atom. The van der Waals surface area contributed by atoms with E-state index in [-0.39, 0.29) is 11.4 Å². The Bertz CT molecular complexity index is 821. The lowest BCUT2D eigenvalue weighted by Crippen LogP contribution is -2.40. The quantitative estimate of drug-likeness (QED) is 0.433. The number of hydrogen-bond donors (Lipinski definition) is 1. The monoisotopic (exact) mass is 403 g/mol. The summed E-state index contributed by atoms with van der Waals surface area (Å²) < 4.78 is 22.9. The normalized spacial score (nSPS) is 24.7. The Labute approximate surface area is 158 Å². The van der Waals surface area contributed by atoms with Crippen molar-refractivity contribution >= 4 is 42.3 Å². The van der Waals surface area contributed by atoms with Crippen molar-refractivity contribution in [3.63, 3.8) is 0 Å². The molecule has 26 heavy (non-hydrogen) atoms. The van der Waals surface area contributed by atoms with Crippen molar-refractivity contribution < 1.29 is 33.3 Å². The largest absolute Gasteiger partial charge is 0.463 e. The number of nitrogens with zero attached hydrogens (tertiary/aromatic N) is 2. The number of nitrogens with one attached hydrogen (secondary N) is 1. The third-order valence-electron chi connectivity index (χ3n) is 3.32. The zero-order valence-corrected chi connectivity index (χ0v) is 15.8. The van der Waals surface area contributed by atoms with E-state index in [4.69, 9.17) is 43.4 Å². The molecule has 1 aromatic heterocycles. The van der Waals surface area contributed by atoms with Crippen LogP contribution < -0.4 is 0 Å². The van der Waals surface area contributed by atoms with Crippen LogP contribution in [0.15, 0.2) is 6.20 Å². The van der Waals surface area contributed by atoms with Crippen LogP contribution in [0.1, 0.15) is 27.0 Å². The second kappa shape index (κ2) is 8.47. The van der Waals surface area contributed by atoms with Crippen molar-refractivity contribution in [2.24, 2.45) is 0 Å². The minimum absolute atomic E-state index is 0.120. The van der Waals surface area contributed by atoms with Crippen LogP contribution in [0.25, 0.3) is 0 Å². The number of hydrogen-bond acceptors (Lipinski definition) is 10. The SMILES string of the molecule is CC(=O)OCC1OC(n2ncc(=S)[nH]c2=S)C(OC(C)=O)C1OC(C)=O. The molecule has 1 aliphatic rings. The van der Waals surface area contributed by atoms with E-state index >= 15 is 0 Å². The number of aromatic nitrogens is 3. The van der Waals surface area contributed by atoms with Gasteiger partial charge in [-0.2, -0.15) is 5.10 Å². The first kappa shape index (κ1) is 20.1. The van der Waals surface area contributed by atoms with E-state index in [1.54, 1.807) is 0 Å². The number of esters is 3. The molecule has 0 aromatic carbocycles. The van der Waals surface area contributed by atoms with Gasteiger partial charge in [0.25, 0.3) is 0 Å². The number of H-pyrrole nitrogens is 1. The fourth-order valence-electron chi connectivity index (χ4n) is 2.43. The lowest BCUT2D eigenvalue weighted by atomic mass is 10.1. The molecule has 1 N–H and O–H groups in total. The molecule has 4 unspecified atom stereocenters. The highest BCUT2D eigenvalue weighted by atomic mass is 32.1. The Kier molecular flexibility index (Phi) is 6.56. The minimum atomic E-state index is -1.06. The molecule has 12 heteroatoms. The maximum absolute atomic E-state index is 11.5. The Balaban J connectivity index is 2.41. The summed E-state index contributed by atoms with van der Waals surface area (Å²) in [5.74, 6) is -1.78. The summed E-state index contributed by atoms with van der Waals surface area (Å²) in [5.41, 5.74) is 0. The van der Waals surface area contributed by atoms with Crippen LogP contribution in [-0.4, -0.2) is 57.6 Å². The highest BCUT2D eigenvalue weighted by Gasteiger charge is 2.51. The zero-order valence-electron chi connectivity index (χ0n) is 14.2. The molecular formula is C14H17N3O7S2. The van der Waals surface area contributed by atoms with Crippen molar-refractivity contribution in [2.75, 3.05) is 6.61 Å². The lowest BCUT2D eigenvalue weighted by molar-refractivity contribution is -0.166. The second-order valence-corrected chi connectivity index (χ2v) is 6.23. The molecule has 0 bridgehead atoms.